The van der Waals surface area contributed by atoms with Crippen molar-refractivity contribution in [1.29, 1.82) is 0 Å². The van der Waals surface area contributed by atoms with Gasteiger partial charge in [0.05, 0.1) is 0 Å². The molecule has 0 unspecified atom stereocenters. The van der Waals surface area contributed by atoms with E-state index in [2.05, 4.69) is 31.0 Å². The molecule has 136 valence electrons. The molecule has 0 radical (unpaired) electrons. The number of rotatable bonds is 4. The van der Waals surface area contributed by atoms with Gasteiger partial charge in [-0.05, 0) is 49.3 Å². The predicted octanol–water partition coefficient (Wildman–Crippen LogP) is 2.42. The Hall–Kier alpha value is -2.21. The topological polar surface area (TPSA) is 65.1 Å². The maximum absolute atomic E-state index is 13.1. The van der Waals surface area contributed by atoms with Gasteiger partial charge in [-0.2, -0.15) is 5.10 Å². The second-order valence-corrected chi connectivity index (χ2v) is 8.09. The van der Waals surface area contributed by atoms with Crippen molar-refractivity contribution in [1.82, 2.24) is 25.0 Å². The fraction of sp³-hybridized carbons (Fsp3) is 0.550. The number of nitrogens with zero attached hydrogens (tertiary/aromatic N) is 4. The SMILES string of the molecule is O=C(c1cc(C2CC2)[nH]n1)N1C[C@H]2CC[C@@H]1CN(Cc1cccnc1)C2. The van der Waals surface area contributed by atoms with Crippen LogP contribution in [-0.2, 0) is 6.54 Å². The number of H-pyrrole nitrogens is 1. The van der Waals surface area contributed by atoms with E-state index >= 15 is 0 Å². The van der Waals surface area contributed by atoms with Gasteiger partial charge in [0.15, 0.2) is 0 Å². The second kappa shape index (κ2) is 6.50. The number of hydrogen-bond acceptors (Lipinski definition) is 4. The summed E-state index contributed by atoms with van der Waals surface area (Å²) in [6.45, 7) is 3.77. The first-order valence-electron chi connectivity index (χ1n) is 9.74. The van der Waals surface area contributed by atoms with E-state index in [-0.39, 0.29) is 5.91 Å². The zero-order valence-electron chi connectivity index (χ0n) is 15.0. The Morgan fingerprint density at radius 3 is 2.92 bits per heavy atom. The molecule has 2 aromatic heterocycles. The fourth-order valence-electron chi connectivity index (χ4n) is 4.50. The third kappa shape index (κ3) is 3.14. The molecule has 2 bridgehead atoms. The monoisotopic (exact) mass is 351 g/mol. The summed E-state index contributed by atoms with van der Waals surface area (Å²) >= 11 is 0. The molecule has 1 N–H and O–H groups in total. The Kier molecular flexibility index (Phi) is 4.00. The molecule has 3 saturated heterocycles. The molecule has 1 amide bonds. The zero-order valence-corrected chi connectivity index (χ0v) is 15.0. The van der Waals surface area contributed by atoms with Gasteiger partial charge in [-0.1, -0.05) is 6.07 Å². The van der Waals surface area contributed by atoms with Gasteiger partial charge in [0.2, 0.25) is 0 Å². The van der Waals surface area contributed by atoms with Crippen molar-refractivity contribution in [3.63, 3.8) is 0 Å². The van der Waals surface area contributed by atoms with Crippen LogP contribution in [0.5, 0.6) is 0 Å². The number of aromatic nitrogens is 3. The Balaban J connectivity index is 1.31. The van der Waals surface area contributed by atoms with Crippen LogP contribution in [0, 0.1) is 5.92 Å². The van der Waals surface area contributed by atoms with Gasteiger partial charge in [0.25, 0.3) is 5.91 Å². The number of carbonyl (C=O) groups is 1. The van der Waals surface area contributed by atoms with E-state index in [0.717, 1.165) is 38.3 Å². The zero-order chi connectivity index (χ0) is 17.5. The fourth-order valence-corrected chi connectivity index (χ4v) is 4.50. The normalized spacial score (nSPS) is 26.1. The number of amides is 1. The van der Waals surface area contributed by atoms with Crippen molar-refractivity contribution in [2.24, 2.45) is 5.92 Å². The number of piperidine rings is 1. The molecule has 3 aliphatic heterocycles. The molecule has 0 aromatic carbocycles. The van der Waals surface area contributed by atoms with Crippen molar-refractivity contribution in [2.75, 3.05) is 19.6 Å². The van der Waals surface area contributed by atoms with E-state index in [9.17, 15) is 4.79 Å². The van der Waals surface area contributed by atoms with Crippen LogP contribution >= 0.6 is 0 Å². The highest BCUT2D eigenvalue weighted by Gasteiger charge is 2.38. The lowest BCUT2D eigenvalue weighted by Crippen LogP contribution is -2.47. The minimum Gasteiger partial charge on any atom is -0.333 e. The first-order valence-corrected chi connectivity index (χ1v) is 9.74. The van der Waals surface area contributed by atoms with Gasteiger partial charge < -0.3 is 4.90 Å². The third-order valence-corrected chi connectivity index (χ3v) is 6.01. The molecule has 2 atom stereocenters. The van der Waals surface area contributed by atoms with Gasteiger partial charge in [0, 0.05) is 56.2 Å². The molecule has 1 saturated carbocycles. The number of fused-ring (bicyclic) bond motifs is 4. The van der Waals surface area contributed by atoms with Gasteiger partial charge in [-0.25, -0.2) is 0 Å². The number of hydrogen-bond donors (Lipinski definition) is 1. The molecule has 4 aliphatic rings. The highest BCUT2D eigenvalue weighted by Crippen LogP contribution is 2.39. The molecular weight excluding hydrogens is 326 g/mol. The van der Waals surface area contributed by atoms with Gasteiger partial charge in [-0.3, -0.25) is 19.8 Å². The van der Waals surface area contributed by atoms with E-state index < -0.39 is 0 Å². The first kappa shape index (κ1) is 16.0. The van der Waals surface area contributed by atoms with Gasteiger partial charge in [-0.15, -0.1) is 0 Å². The van der Waals surface area contributed by atoms with Crippen molar-refractivity contribution in [3.8, 4) is 0 Å². The first-order chi connectivity index (χ1) is 12.8. The maximum atomic E-state index is 13.1. The van der Waals surface area contributed by atoms with Crippen LogP contribution in [0.15, 0.2) is 30.6 Å². The van der Waals surface area contributed by atoms with E-state index in [1.165, 1.54) is 24.8 Å². The summed E-state index contributed by atoms with van der Waals surface area (Å²) in [7, 11) is 0. The number of aromatic amines is 1. The summed E-state index contributed by atoms with van der Waals surface area (Å²) in [6.07, 6.45) is 8.50. The average molecular weight is 351 g/mol. The molecule has 5 heterocycles. The number of pyridine rings is 1. The van der Waals surface area contributed by atoms with E-state index in [1.54, 1.807) is 0 Å². The summed E-state index contributed by atoms with van der Waals surface area (Å²) in [5, 5.41) is 7.39. The largest absolute Gasteiger partial charge is 0.333 e. The minimum atomic E-state index is 0.103. The highest BCUT2D eigenvalue weighted by atomic mass is 16.2. The van der Waals surface area contributed by atoms with Crippen LogP contribution in [0.3, 0.4) is 0 Å². The molecule has 6 heteroatoms. The average Bonchev–Trinajstić information content (AvgIpc) is 3.45. The Morgan fingerprint density at radius 2 is 2.12 bits per heavy atom. The third-order valence-electron chi connectivity index (χ3n) is 6.01. The molecule has 26 heavy (non-hydrogen) atoms. The maximum Gasteiger partial charge on any atom is 0.274 e. The lowest BCUT2D eigenvalue weighted by atomic mass is 9.94. The van der Waals surface area contributed by atoms with Crippen molar-refractivity contribution in [2.45, 2.75) is 44.2 Å². The van der Waals surface area contributed by atoms with E-state index in [0.29, 0.717) is 23.6 Å². The van der Waals surface area contributed by atoms with Crippen LogP contribution in [-0.4, -0.2) is 56.6 Å². The van der Waals surface area contributed by atoms with Crippen LogP contribution in [0.1, 0.15) is 53.3 Å². The second-order valence-electron chi connectivity index (χ2n) is 8.09. The minimum absolute atomic E-state index is 0.103. The lowest BCUT2D eigenvalue weighted by molar-refractivity contribution is 0.0579. The Labute approximate surface area is 153 Å². The van der Waals surface area contributed by atoms with E-state index in [1.807, 2.05) is 24.5 Å². The van der Waals surface area contributed by atoms with Crippen LogP contribution in [0.2, 0.25) is 0 Å². The Morgan fingerprint density at radius 1 is 1.19 bits per heavy atom. The summed E-state index contributed by atoms with van der Waals surface area (Å²) in [4.78, 5) is 21.9. The Bertz CT molecular complexity index is 785. The summed E-state index contributed by atoms with van der Waals surface area (Å²) in [5.41, 5.74) is 2.97. The smallest absolute Gasteiger partial charge is 0.274 e. The summed E-state index contributed by atoms with van der Waals surface area (Å²) in [6, 6.07) is 6.39. The molecule has 0 spiro atoms. The van der Waals surface area contributed by atoms with Crippen molar-refractivity contribution < 1.29 is 4.79 Å². The van der Waals surface area contributed by atoms with Gasteiger partial charge in [0.1, 0.15) is 5.69 Å². The summed E-state index contributed by atoms with van der Waals surface area (Å²) in [5.74, 6) is 1.25. The molecule has 4 fully saturated rings. The van der Waals surface area contributed by atoms with Crippen LogP contribution in [0.4, 0.5) is 0 Å². The quantitative estimate of drug-likeness (QED) is 0.919. The molecular formula is C20H25N5O. The molecule has 1 aliphatic carbocycles. The van der Waals surface area contributed by atoms with Crippen LogP contribution in [0.25, 0.3) is 0 Å². The number of nitrogens with one attached hydrogen (secondary N) is 1. The van der Waals surface area contributed by atoms with E-state index in [4.69, 9.17) is 0 Å². The van der Waals surface area contributed by atoms with Gasteiger partial charge >= 0.3 is 0 Å². The standard InChI is InChI=1S/C20H25N5O/c26-20(19-8-18(22-23-19)16-4-5-16)25-12-15-3-6-17(25)13-24(11-15)10-14-2-1-7-21-9-14/h1-2,7-9,15-17H,3-6,10-13H2,(H,22,23)/t15-,17+/m0/s1. The molecule has 6 rings (SSSR count). The highest BCUT2D eigenvalue weighted by molar-refractivity contribution is 5.92. The predicted molar refractivity (Wildman–Crippen MR) is 97.6 cm³/mol. The lowest BCUT2D eigenvalue weighted by Gasteiger charge is -2.35. The molecule has 6 nitrogen and oxygen atoms in total. The van der Waals surface area contributed by atoms with Crippen LogP contribution < -0.4 is 0 Å². The number of carbonyl (C=O) groups excluding carboxylic acids is 1. The molecule has 2 aromatic rings. The van der Waals surface area contributed by atoms with Crippen molar-refractivity contribution >= 4 is 5.91 Å². The summed E-state index contributed by atoms with van der Waals surface area (Å²) < 4.78 is 0. The van der Waals surface area contributed by atoms with Crippen molar-refractivity contribution in [3.05, 3.63) is 47.5 Å².